The van der Waals surface area contributed by atoms with Crippen molar-refractivity contribution in [3.05, 3.63) is 57.2 Å². The largest absolute Gasteiger partial charge is 0.459 e. The van der Waals surface area contributed by atoms with Crippen molar-refractivity contribution in [2.75, 3.05) is 25.2 Å². The van der Waals surface area contributed by atoms with Gasteiger partial charge in [-0.15, -0.1) is 0 Å². The van der Waals surface area contributed by atoms with Gasteiger partial charge in [0.2, 0.25) is 0 Å². The topological polar surface area (TPSA) is 120 Å². The van der Waals surface area contributed by atoms with Gasteiger partial charge in [-0.1, -0.05) is 6.07 Å². The Morgan fingerprint density at radius 3 is 2.33 bits per heavy atom. The van der Waals surface area contributed by atoms with Crippen molar-refractivity contribution >= 4 is 23.3 Å². The van der Waals surface area contributed by atoms with Gasteiger partial charge in [0, 0.05) is 30.6 Å². The minimum Gasteiger partial charge on any atom is -0.459 e. The van der Waals surface area contributed by atoms with Crippen LogP contribution in [0.25, 0.3) is 0 Å². The number of nitro benzene ring substituents is 1. The predicted molar refractivity (Wildman–Crippen MR) is 108 cm³/mol. The maximum Gasteiger partial charge on any atom is 0.357 e. The van der Waals surface area contributed by atoms with E-state index in [1.54, 1.807) is 33.8 Å². The number of rotatable bonds is 8. The number of benzene rings is 1. The Morgan fingerprint density at radius 1 is 1.13 bits per heavy atom. The average Bonchev–Trinajstić information content (AvgIpc) is 2.66. The molecule has 10 nitrogen and oxygen atoms in total. The summed E-state index contributed by atoms with van der Waals surface area (Å²) in [6, 6.07) is 5.63. The Labute approximate surface area is 174 Å². The normalized spacial score (nSPS) is 14.0. The SMILES string of the molecule is COCCOC(=O)C1=C(C)NC(C)=C(C(=O)OC(C)C)N1c1cccc([N+](=O)[O-])c1. The molecule has 2 rings (SSSR count). The van der Waals surface area contributed by atoms with Gasteiger partial charge in [-0.3, -0.25) is 15.0 Å². The van der Waals surface area contributed by atoms with Crippen LogP contribution in [0.4, 0.5) is 11.4 Å². The lowest BCUT2D eigenvalue weighted by molar-refractivity contribution is -0.384. The maximum atomic E-state index is 12.9. The van der Waals surface area contributed by atoms with Gasteiger partial charge < -0.3 is 19.5 Å². The van der Waals surface area contributed by atoms with Gasteiger partial charge >= 0.3 is 11.9 Å². The number of ether oxygens (including phenoxy) is 3. The van der Waals surface area contributed by atoms with Crippen LogP contribution in [-0.4, -0.2) is 43.3 Å². The second kappa shape index (κ2) is 9.88. The highest BCUT2D eigenvalue weighted by molar-refractivity contribution is 6.03. The number of esters is 2. The number of hydrogen-bond acceptors (Lipinski definition) is 9. The summed E-state index contributed by atoms with van der Waals surface area (Å²) in [5.41, 5.74) is 0.964. The van der Waals surface area contributed by atoms with Crippen molar-refractivity contribution < 1.29 is 28.7 Å². The molecule has 1 aliphatic heterocycles. The van der Waals surface area contributed by atoms with E-state index in [9.17, 15) is 19.7 Å². The third-order valence-corrected chi connectivity index (χ3v) is 4.08. The molecule has 1 aromatic rings. The zero-order valence-electron chi connectivity index (χ0n) is 17.6. The zero-order chi connectivity index (χ0) is 22.4. The molecule has 0 aromatic heterocycles. The molecule has 0 atom stereocenters. The standard InChI is InChI=1S/C20H25N3O7/c1-12(2)30-20(25)18-14(4)21-13(3)17(19(24)29-10-9-28-5)22(18)15-7-6-8-16(11-15)23(26)27/h6-8,11-12,21H,9-10H2,1-5H3. The van der Waals surface area contributed by atoms with E-state index in [1.165, 1.54) is 30.2 Å². The van der Waals surface area contributed by atoms with Gasteiger partial charge in [-0.2, -0.15) is 0 Å². The molecule has 0 unspecified atom stereocenters. The van der Waals surface area contributed by atoms with Crippen LogP contribution in [0, 0.1) is 10.1 Å². The van der Waals surface area contributed by atoms with Crippen LogP contribution in [0.3, 0.4) is 0 Å². The number of methoxy groups -OCH3 is 1. The molecule has 1 heterocycles. The quantitative estimate of drug-likeness (QED) is 0.293. The summed E-state index contributed by atoms with van der Waals surface area (Å²) in [5, 5.41) is 14.3. The Morgan fingerprint density at radius 2 is 1.77 bits per heavy atom. The molecule has 0 spiro atoms. The molecule has 30 heavy (non-hydrogen) atoms. The van der Waals surface area contributed by atoms with Gasteiger partial charge in [0.15, 0.2) is 11.4 Å². The van der Waals surface area contributed by atoms with Crippen LogP contribution in [-0.2, 0) is 23.8 Å². The Balaban J connectivity index is 2.60. The van der Waals surface area contributed by atoms with Crippen LogP contribution >= 0.6 is 0 Å². The first-order valence-electron chi connectivity index (χ1n) is 9.27. The number of carbonyl (C=O) groups is 2. The summed E-state index contributed by atoms with van der Waals surface area (Å²) in [5.74, 6) is -1.40. The number of nitrogens with one attached hydrogen (secondary N) is 1. The number of carbonyl (C=O) groups excluding carboxylic acids is 2. The van der Waals surface area contributed by atoms with Crippen molar-refractivity contribution in [1.29, 1.82) is 0 Å². The van der Waals surface area contributed by atoms with E-state index in [1.807, 2.05) is 0 Å². The molecule has 1 N–H and O–H groups in total. The van der Waals surface area contributed by atoms with Crippen LogP contribution in [0.5, 0.6) is 0 Å². The molecular formula is C20H25N3O7. The van der Waals surface area contributed by atoms with E-state index in [2.05, 4.69) is 5.32 Å². The predicted octanol–water partition coefficient (Wildman–Crippen LogP) is 2.61. The molecule has 1 aliphatic rings. The lowest BCUT2D eigenvalue weighted by Crippen LogP contribution is -2.41. The van der Waals surface area contributed by atoms with Crippen molar-refractivity contribution in [3.63, 3.8) is 0 Å². The summed E-state index contributed by atoms with van der Waals surface area (Å²) in [7, 11) is 1.47. The van der Waals surface area contributed by atoms with Gasteiger partial charge in [-0.25, -0.2) is 9.59 Å². The first-order chi connectivity index (χ1) is 14.2. The fourth-order valence-electron chi connectivity index (χ4n) is 2.90. The number of hydrogen-bond donors (Lipinski definition) is 1. The lowest BCUT2D eigenvalue weighted by atomic mass is 10.1. The minimum absolute atomic E-state index is 0.00333. The van der Waals surface area contributed by atoms with E-state index in [-0.39, 0.29) is 36.0 Å². The maximum absolute atomic E-state index is 12.9. The van der Waals surface area contributed by atoms with E-state index < -0.39 is 23.0 Å². The molecular weight excluding hydrogens is 394 g/mol. The molecule has 0 aliphatic carbocycles. The minimum atomic E-state index is -0.717. The summed E-state index contributed by atoms with van der Waals surface area (Å²) in [6.07, 6.45) is -0.408. The molecule has 10 heteroatoms. The number of nitro groups is 1. The van der Waals surface area contributed by atoms with Crippen molar-refractivity contribution in [3.8, 4) is 0 Å². The molecule has 0 saturated heterocycles. The third-order valence-electron chi connectivity index (χ3n) is 4.08. The van der Waals surface area contributed by atoms with E-state index >= 15 is 0 Å². The Bertz CT molecular complexity index is 905. The highest BCUT2D eigenvalue weighted by Crippen LogP contribution is 2.34. The van der Waals surface area contributed by atoms with Gasteiger partial charge in [0.25, 0.3) is 5.69 Å². The Hall–Kier alpha value is -3.40. The molecule has 1 aromatic carbocycles. The van der Waals surface area contributed by atoms with Crippen LogP contribution in [0.15, 0.2) is 47.1 Å². The molecule has 0 amide bonds. The van der Waals surface area contributed by atoms with Gasteiger partial charge in [-0.05, 0) is 33.8 Å². The lowest BCUT2D eigenvalue weighted by Gasteiger charge is -2.34. The number of non-ortho nitro benzene ring substituents is 1. The van der Waals surface area contributed by atoms with E-state index in [0.717, 1.165) is 0 Å². The molecule has 162 valence electrons. The monoisotopic (exact) mass is 419 g/mol. The molecule has 0 radical (unpaired) electrons. The van der Waals surface area contributed by atoms with Crippen molar-refractivity contribution in [1.82, 2.24) is 5.32 Å². The highest BCUT2D eigenvalue weighted by atomic mass is 16.6. The van der Waals surface area contributed by atoms with E-state index in [4.69, 9.17) is 14.2 Å². The van der Waals surface area contributed by atoms with Crippen molar-refractivity contribution in [2.24, 2.45) is 0 Å². The molecule has 0 fully saturated rings. The summed E-state index contributed by atoms with van der Waals surface area (Å²) in [6.45, 7) is 6.89. The Kier molecular flexibility index (Phi) is 7.54. The van der Waals surface area contributed by atoms with Crippen LogP contribution in [0.1, 0.15) is 27.7 Å². The van der Waals surface area contributed by atoms with Crippen LogP contribution < -0.4 is 10.2 Å². The number of allylic oxidation sites excluding steroid dienone is 2. The first kappa shape index (κ1) is 22.9. The third kappa shape index (κ3) is 5.15. The average molecular weight is 419 g/mol. The second-order valence-electron chi connectivity index (χ2n) is 6.77. The molecule has 0 saturated carbocycles. The summed E-state index contributed by atoms with van der Waals surface area (Å²) < 4.78 is 15.5. The van der Waals surface area contributed by atoms with Crippen LogP contribution in [0.2, 0.25) is 0 Å². The first-order valence-corrected chi connectivity index (χ1v) is 9.27. The smallest absolute Gasteiger partial charge is 0.357 e. The second-order valence-corrected chi connectivity index (χ2v) is 6.77. The van der Waals surface area contributed by atoms with Gasteiger partial charge in [0.05, 0.1) is 23.3 Å². The summed E-state index contributed by atoms with van der Waals surface area (Å²) >= 11 is 0. The fourth-order valence-corrected chi connectivity index (χ4v) is 2.90. The summed E-state index contributed by atoms with van der Waals surface area (Å²) in [4.78, 5) is 37.8. The van der Waals surface area contributed by atoms with Gasteiger partial charge in [0.1, 0.15) is 6.61 Å². The zero-order valence-corrected chi connectivity index (χ0v) is 17.6. The van der Waals surface area contributed by atoms with Crippen molar-refractivity contribution in [2.45, 2.75) is 33.8 Å². The van der Waals surface area contributed by atoms with E-state index in [0.29, 0.717) is 11.4 Å². The number of nitrogens with zero attached hydrogens (tertiary/aromatic N) is 2. The molecule has 0 bridgehead atoms. The highest BCUT2D eigenvalue weighted by Gasteiger charge is 2.36. The number of anilines is 1. The fraction of sp³-hybridized carbons (Fsp3) is 0.400.